The molecule has 1 N–H and O–H groups in total. The van der Waals surface area contributed by atoms with Crippen molar-refractivity contribution in [1.29, 1.82) is 0 Å². The molecule has 3 rings (SSSR count). The summed E-state index contributed by atoms with van der Waals surface area (Å²) in [4.78, 5) is 2.39. The highest BCUT2D eigenvalue weighted by molar-refractivity contribution is 5.41. The molecule has 2 aliphatic rings. The van der Waals surface area contributed by atoms with Gasteiger partial charge in [-0.15, -0.1) is 0 Å². The molecule has 2 aliphatic heterocycles. The monoisotopic (exact) mass is 250 g/mol. The van der Waals surface area contributed by atoms with E-state index in [1.807, 2.05) is 12.1 Å². The van der Waals surface area contributed by atoms with Crippen molar-refractivity contribution in [2.45, 2.75) is 12.8 Å². The summed E-state index contributed by atoms with van der Waals surface area (Å²) < 4.78 is 19.6. The summed E-state index contributed by atoms with van der Waals surface area (Å²) in [5.41, 5.74) is 1.60. The number of ether oxygens (including phenoxy) is 1. The van der Waals surface area contributed by atoms with Crippen LogP contribution in [0, 0.1) is 5.82 Å². The number of nitrogens with zero attached hydrogens (tertiary/aromatic N) is 1. The summed E-state index contributed by atoms with van der Waals surface area (Å²) in [6.45, 7) is 5.78. The standard InChI is InChI=1S/C14H19FN2O/c15-14-11(1-2-13-12(14)4-10-18-13)3-7-17-8-5-16-6-9-17/h1-2,16H,3-10H2. The van der Waals surface area contributed by atoms with Crippen molar-refractivity contribution in [3.05, 3.63) is 29.1 Å². The maximum Gasteiger partial charge on any atom is 0.133 e. The first kappa shape index (κ1) is 11.9. The van der Waals surface area contributed by atoms with Gasteiger partial charge in [0.1, 0.15) is 11.6 Å². The van der Waals surface area contributed by atoms with Crippen LogP contribution in [0.1, 0.15) is 11.1 Å². The van der Waals surface area contributed by atoms with Gasteiger partial charge in [0.05, 0.1) is 6.61 Å². The largest absolute Gasteiger partial charge is 0.493 e. The second-order valence-electron chi connectivity index (χ2n) is 4.96. The molecule has 0 aliphatic carbocycles. The Morgan fingerprint density at radius 3 is 2.94 bits per heavy atom. The molecule has 1 aromatic rings. The molecule has 0 unspecified atom stereocenters. The van der Waals surface area contributed by atoms with Crippen molar-refractivity contribution in [3.63, 3.8) is 0 Å². The average Bonchev–Trinajstić information content (AvgIpc) is 2.88. The fourth-order valence-corrected chi connectivity index (χ4v) is 2.69. The van der Waals surface area contributed by atoms with Crippen molar-refractivity contribution in [2.75, 3.05) is 39.3 Å². The van der Waals surface area contributed by atoms with Crippen LogP contribution in [0.15, 0.2) is 12.1 Å². The quantitative estimate of drug-likeness (QED) is 0.872. The number of hydrogen-bond donors (Lipinski definition) is 1. The van der Waals surface area contributed by atoms with Crippen molar-refractivity contribution in [3.8, 4) is 5.75 Å². The van der Waals surface area contributed by atoms with Crippen molar-refractivity contribution >= 4 is 0 Å². The highest BCUT2D eigenvalue weighted by Crippen LogP contribution is 2.29. The van der Waals surface area contributed by atoms with Gasteiger partial charge in [0.15, 0.2) is 0 Å². The summed E-state index contributed by atoms with van der Waals surface area (Å²) in [7, 11) is 0. The Bertz CT molecular complexity index is 430. The molecule has 18 heavy (non-hydrogen) atoms. The molecule has 0 aromatic heterocycles. The first-order valence-electron chi connectivity index (χ1n) is 6.71. The molecule has 1 aromatic carbocycles. The third-order valence-electron chi connectivity index (χ3n) is 3.80. The highest BCUT2D eigenvalue weighted by Gasteiger charge is 2.19. The van der Waals surface area contributed by atoms with Crippen LogP contribution >= 0.6 is 0 Å². The Morgan fingerprint density at radius 2 is 2.11 bits per heavy atom. The fraction of sp³-hybridized carbons (Fsp3) is 0.571. The number of nitrogens with one attached hydrogen (secondary N) is 1. The van der Waals surface area contributed by atoms with Gasteiger partial charge in [0.2, 0.25) is 0 Å². The molecule has 0 bridgehead atoms. The molecular formula is C14H19FN2O. The minimum absolute atomic E-state index is 0.0415. The van der Waals surface area contributed by atoms with Crippen molar-refractivity contribution < 1.29 is 9.13 Å². The van der Waals surface area contributed by atoms with Gasteiger partial charge in [-0.3, -0.25) is 0 Å². The highest BCUT2D eigenvalue weighted by atomic mass is 19.1. The second kappa shape index (κ2) is 5.24. The van der Waals surface area contributed by atoms with E-state index in [1.54, 1.807) is 0 Å². The van der Waals surface area contributed by atoms with E-state index in [9.17, 15) is 4.39 Å². The van der Waals surface area contributed by atoms with Crippen LogP contribution in [0.25, 0.3) is 0 Å². The van der Waals surface area contributed by atoms with Crippen LogP contribution in [0.3, 0.4) is 0 Å². The summed E-state index contributed by atoms with van der Waals surface area (Å²) in [5.74, 6) is 0.693. The molecule has 0 spiro atoms. The van der Waals surface area contributed by atoms with Gasteiger partial charge < -0.3 is 15.0 Å². The summed E-state index contributed by atoms with van der Waals surface area (Å²) in [6.07, 6.45) is 1.50. The van der Waals surface area contributed by atoms with E-state index in [4.69, 9.17) is 4.74 Å². The van der Waals surface area contributed by atoms with Crippen LogP contribution < -0.4 is 10.1 Å². The normalized spacial score (nSPS) is 19.6. The summed E-state index contributed by atoms with van der Waals surface area (Å²) in [5, 5.41) is 3.33. The van der Waals surface area contributed by atoms with Crippen LogP contribution in [0.5, 0.6) is 5.75 Å². The zero-order chi connectivity index (χ0) is 12.4. The maximum atomic E-state index is 14.2. The van der Waals surface area contributed by atoms with Crippen LogP contribution in [0.4, 0.5) is 4.39 Å². The lowest BCUT2D eigenvalue weighted by atomic mass is 10.0. The fourth-order valence-electron chi connectivity index (χ4n) is 2.69. The third kappa shape index (κ3) is 2.35. The minimum atomic E-state index is -0.0415. The van der Waals surface area contributed by atoms with Crippen molar-refractivity contribution in [2.24, 2.45) is 0 Å². The van der Waals surface area contributed by atoms with Gasteiger partial charge >= 0.3 is 0 Å². The molecule has 3 nitrogen and oxygen atoms in total. The van der Waals surface area contributed by atoms with Crippen LogP contribution in [-0.4, -0.2) is 44.2 Å². The Morgan fingerprint density at radius 1 is 1.28 bits per heavy atom. The number of benzene rings is 1. The summed E-state index contributed by atoms with van der Waals surface area (Å²) in [6, 6.07) is 3.79. The number of hydrogen-bond acceptors (Lipinski definition) is 3. The SMILES string of the molecule is Fc1c(CCN2CCNCC2)ccc2c1CCO2. The average molecular weight is 250 g/mol. The van der Waals surface area contributed by atoms with Gasteiger partial charge in [0.25, 0.3) is 0 Å². The number of fused-ring (bicyclic) bond motifs is 1. The molecule has 1 fully saturated rings. The molecule has 0 radical (unpaired) electrons. The Labute approximate surface area is 107 Å². The van der Waals surface area contributed by atoms with Gasteiger partial charge in [-0.05, 0) is 18.1 Å². The zero-order valence-corrected chi connectivity index (χ0v) is 10.5. The van der Waals surface area contributed by atoms with Crippen LogP contribution in [0.2, 0.25) is 0 Å². The Balaban J connectivity index is 1.65. The van der Waals surface area contributed by atoms with E-state index in [0.29, 0.717) is 13.0 Å². The Kier molecular flexibility index (Phi) is 3.48. The first-order chi connectivity index (χ1) is 8.84. The lowest BCUT2D eigenvalue weighted by Gasteiger charge is -2.27. The Hall–Kier alpha value is -1.13. The lowest BCUT2D eigenvalue weighted by Crippen LogP contribution is -2.44. The van der Waals surface area contributed by atoms with E-state index >= 15 is 0 Å². The topological polar surface area (TPSA) is 24.5 Å². The van der Waals surface area contributed by atoms with Gasteiger partial charge in [-0.2, -0.15) is 0 Å². The van der Waals surface area contributed by atoms with E-state index in [-0.39, 0.29) is 5.82 Å². The zero-order valence-electron chi connectivity index (χ0n) is 10.5. The first-order valence-corrected chi connectivity index (χ1v) is 6.71. The van der Waals surface area contributed by atoms with E-state index < -0.39 is 0 Å². The maximum absolute atomic E-state index is 14.2. The number of rotatable bonds is 3. The summed E-state index contributed by atoms with van der Waals surface area (Å²) >= 11 is 0. The van der Waals surface area contributed by atoms with Gasteiger partial charge in [-0.25, -0.2) is 4.39 Å². The van der Waals surface area contributed by atoms with Crippen molar-refractivity contribution in [1.82, 2.24) is 10.2 Å². The minimum Gasteiger partial charge on any atom is -0.493 e. The van der Waals surface area contributed by atoms with E-state index in [0.717, 1.165) is 56.0 Å². The molecule has 1 saturated heterocycles. The van der Waals surface area contributed by atoms with E-state index in [2.05, 4.69) is 10.2 Å². The van der Waals surface area contributed by atoms with Crippen LogP contribution in [-0.2, 0) is 12.8 Å². The lowest BCUT2D eigenvalue weighted by molar-refractivity contribution is 0.243. The van der Waals surface area contributed by atoms with Gasteiger partial charge in [0, 0.05) is 44.7 Å². The van der Waals surface area contributed by atoms with Gasteiger partial charge in [-0.1, -0.05) is 6.07 Å². The smallest absolute Gasteiger partial charge is 0.133 e. The third-order valence-corrected chi connectivity index (χ3v) is 3.80. The molecule has 2 heterocycles. The molecule has 0 saturated carbocycles. The number of halogens is 1. The predicted octanol–water partition coefficient (Wildman–Crippen LogP) is 1.21. The number of piperazine rings is 1. The molecule has 0 atom stereocenters. The molecule has 0 amide bonds. The predicted molar refractivity (Wildman–Crippen MR) is 68.6 cm³/mol. The van der Waals surface area contributed by atoms with E-state index in [1.165, 1.54) is 0 Å². The molecular weight excluding hydrogens is 231 g/mol. The molecule has 98 valence electrons. The second-order valence-corrected chi connectivity index (χ2v) is 4.96. The molecule has 4 heteroatoms.